The molecule has 0 bridgehead atoms. The molecule has 1 fully saturated rings. The fourth-order valence-electron chi connectivity index (χ4n) is 1.03. The minimum atomic E-state index is 0.557. The third kappa shape index (κ3) is 0.862. The molecule has 0 unspecified atom stereocenters. The molecule has 0 aliphatic heterocycles. The third-order valence-corrected chi connectivity index (χ3v) is 2.92. The van der Waals surface area contributed by atoms with Crippen LogP contribution in [0.25, 0.3) is 0 Å². The van der Waals surface area contributed by atoms with Crippen LogP contribution in [0.15, 0.2) is 0 Å². The highest BCUT2D eigenvalue weighted by atomic mass is 35.5. The number of halogens is 1. The van der Waals surface area contributed by atoms with E-state index in [2.05, 4.69) is 13.8 Å². The molecular formula is C7H13Cl. The molecule has 1 aliphatic rings. The van der Waals surface area contributed by atoms with Crippen molar-refractivity contribution in [1.82, 2.24) is 0 Å². The van der Waals surface area contributed by atoms with E-state index in [-0.39, 0.29) is 0 Å². The lowest BCUT2D eigenvalue weighted by atomic mass is 9.95. The molecule has 0 amide bonds. The van der Waals surface area contributed by atoms with Crippen LogP contribution in [0, 0.1) is 11.3 Å². The van der Waals surface area contributed by atoms with Crippen molar-refractivity contribution in [3.63, 3.8) is 0 Å². The average molecular weight is 133 g/mol. The van der Waals surface area contributed by atoms with Gasteiger partial charge in [-0.15, -0.1) is 11.6 Å². The maximum atomic E-state index is 5.75. The monoisotopic (exact) mass is 132 g/mol. The van der Waals surface area contributed by atoms with Crippen LogP contribution in [0.1, 0.15) is 26.7 Å². The molecular weight excluding hydrogens is 120 g/mol. The van der Waals surface area contributed by atoms with E-state index in [9.17, 15) is 0 Å². The Morgan fingerprint density at radius 2 is 2.00 bits per heavy atom. The second-order valence-electron chi connectivity index (χ2n) is 3.15. The molecule has 0 nitrogen and oxygen atoms in total. The summed E-state index contributed by atoms with van der Waals surface area (Å²) in [6, 6.07) is 0. The predicted octanol–water partition coefficient (Wildman–Crippen LogP) is 2.66. The van der Waals surface area contributed by atoms with Gasteiger partial charge in [-0.25, -0.2) is 0 Å². The van der Waals surface area contributed by atoms with Gasteiger partial charge < -0.3 is 0 Å². The van der Waals surface area contributed by atoms with Gasteiger partial charge in [0.1, 0.15) is 0 Å². The first-order valence-corrected chi connectivity index (χ1v) is 3.81. The summed E-state index contributed by atoms with van der Waals surface area (Å²) in [5, 5.41) is 0. The van der Waals surface area contributed by atoms with E-state index < -0.39 is 0 Å². The zero-order valence-corrected chi connectivity index (χ0v) is 6.33. The molecule has 1 saturated carbocycles. The Hall–Kier alpha value is 0.290. The first-order chi connectivity index (χ1) is 3.71. The van der Waals surface area contributed by atoms with Gasteiger partial charge in [0.2, 0.25) is 0 Å². The quantitative estimate of drug-likeness (QED) is 0.507. The fourth-order valence-corrected chi connectivity index (χ4v) is 1.60. The number of hydrogen-bond donors (Lipinski definition) is 0. The minimum absolute atomic E-state index is 0.557. The number of rotatable bonds is 2. The predicted molar refractivity (Wildman–Crippen MR) is 37.2 cm³/mol. The summed E-state index contributed by atoms with van der Waals surface area (Å²) in [5.41, 5.74) is 0.557. The van der Waals surface area contributed by atoms with Crippen LogP contribution in [-0.4, -0.2) is 5.88 Å². The van der Waals surface area contributed by atoms with Crippen LogP contribution in [0.3, 0.4) is 0 Å². The lowest BCUT2D eigenvalue weighted by molar-refractivity contribution is 0.402. The molecule has 0 N–H and O–H groups in total. The van der Waals surface area contributed by atoms with Gasteiger partial charge in [-0.05, 0) is 24.2 Å². The molecule has 48 valence electrons. The van der Waals surface area contributed by atoms with Gasteiger partial charge in [0, 0.05) is 5.88 Å². The second-order valence-corrected chi connectivity index (χ2v) is 3.42. The van der Waals surface area contributed by atoms with Crippen molar-refractivity contribution in [3.05, 3.63) is 0 Å². The van der Waals surface area contributed by atoms with Gasteiger partial charge in [-0.1, -0.05) is 13.8 Å². The Balaban J connectivity index is 2.41. The molecule has 1 rings (SSSR count). The van der Waals surface area contributed by atoms with Gasteiger partial charge in [0.15, 0.2) is 0 Å². The Bertz CT molecular complexity index is 82.4. The molecule has 0 radical (unpaired) electrons. The molecule has 8 heavy (non-hydrogen) atoms. The highest BCUT2D eigenvalue weighted by Gasteiger charge is 2.44. The third-order valence-electron chi connectivity index (χ3n) is 2.38. The summed E-state index contributed by atoms with van der Waals surface area (Å²) in [7, 11) is 0. The molecule has 0 aromatic carbocycles. The van der Waals surface area contributed by atoms with Crippen molar-refractivity contribution in [1.29, 1.82) is 0 Å². The van der Waals surface area contributed by atoms with E-state index in [0.29, 0.717) is 5.41 Å². The average Bonchev–Trinajstić information content (AvgIpc) is 2.44. The van der Waals surface area contributed by atoms with Crippen LogP contribution < -0.4 is 0 Å². The van der Waals surface area contributed by atoms with Gasteiger partial charge in [0.25, 0.3) is 0 Å². The van der Waals surface area contributed by atoms with Gasteiger partial charge in [0.05, 0.1) is 0 Å². The lowest BCUT2D eigenvalue weighted by Gasteiger charge is -2.14. The largest absolute Gasteiger partial charge is 0.126 e. The zero-order valence-electron chi connectivity index (χ0n) is 5.58. The molecule has 0 aromatic rings. The molecule has 0 heterocycles. The lowest BCUT2D eigenvalue weighted by Crippen LogP contribution is -2.10. The van der Waals surface area contributed by atoms with E-state index in [1.807, 2.05) is 0 Å². The van der Waals surface area contributed by atoms with Crippen LogP contribution in [0.2, 0.25) is 0 Å². The van der Waals surface area contributed by atoms with E-state index in [4.69, 9.17) is 11.6 Å². The van der Waals surface area contributed by atoms with Crippen molar-refractivity contribution in [2.75, 3.05) is 5.88 Å². The fraction of sp³-hybridized carbons (Fsp3) is 1.00. The summed E-state index contributed by atoms with van der Waals surface area (Å²) >= 11 is 5.75. The second kappa shape index (κ2) is 1.91. The van der Waals surface area contributed by atoms with Crippen molar-refractivity contribution in [2.24, 2.45) is 11.3 Å². The summed E-state index contributed by atoms with van der Waals surface area (Å²) in [6.07, 6.45) is 2.71. The topological polar surface area (TPSA) is 0 Å². The van der Waals surface area contributed by atoms with Gasteiger partial charge in [-0.3, -0.25) is 0 Å². The Labute approximate surface area is 56.2 Å². The molecule has 0 atom stereocenters. The van der Waals surface area contributed by atoms with Gasteiger partial charge >= 0.3 is 0 Å². The number of alkyl halides is 1. The highest BCUT2D eigenvalue weighted by Crippen LogP contribution is 2.52. The normalized spacial score (nSPS) is 24.0. The molecule has 0 aromatic heterocycles. The van der Waals surface area contributed by atoms with Crippen molar-refractivity contribution in [3.8, 4) is 0 Å². The van der Waals surface area contributed by atoms with Crippen LogP contribution in [0.4, 0.5) is 0 Å². The van der Waals surface area contributed by atoms with Gasteiger partial charge in [-0.2, -0.15) is 0 Å². The zero-order chi connectivity index (χ0) is 6.20. The molecule has 1 aliphatic carbocycles. The minimum Gasteiger partial charge on any atom is -0.126 e. The standard InChI is InChI=1S/C7H13Cl/c1-6(2)7(5-8)3-4-7/h6H,3-5H2,1-2H3. The van der Waals surface area contributed by atoms with Crippen molar-refractivity contribution < 1.29 is 0 Å². The summed E-state index contributed by atoms with van der Waals surface area (Å²) < 4.78 is 0. The SMILES string of the molecule is CC(C)C1(CCl)CC1. The first-order valence-electron chi connectivity index (χ1n) is 3.27. The highest BCUT2D eigenvalue weighted by molar-refractivity contribution is 6.18. The maximum absolute atomic E-state index is 5.75. The molecule has 1 heteroatoms. The Kier molecular flexibility index (Phi) is 1.53. The van der Waals surface area contributed by atoms with Crippen LogP contribution in [-0.2, 0) is 0 Å². The summed E-state index contributed by atoms with van der Waals surface area (Å²) in [6.45, 7) is 4.52. The van der Waals surface area contributed by atoms with Crippen LogP contribution in [0.5, 0.6) is 0 Å². The van der Waals surface area contributed by atoms with Crippen molar-refractivity contribution >= 4 is 11.6 Å². The summed E-state index contributed by atoms with van der Waals surface area (Å²) in [4.78, 5) is 0. The smallest absolute Gasteiger partial charge is 0.0282 e. The number of hydrogen-bond acceptors (Lipinski definition) is 0. The van der Waals surface area contributed by atoms with E-state index in [1.165, 1.54) is 12.8 Å². The Morgan fingerprint density at radius 1 is 1.50 bits per heavy atom. The van der Waals surface area contributed by atoms with Crippen molar-refractivity contribution in [2.45, 2.75) is 26.7 Å². The molecule has 0 saturated heterocycles. The van der Waals surface area contributed by atoms with E-state index >= 15 is 0 Å². The summed E-state index contributed by atoms with van der Waals surface area (Å²) in [5.74, 6) is 1.66. The Morgan fingerprint density at radius 3 is 2.00 bits per heavy atom. The first kappa shape index (κ1) is 6.41. The van der Waals surface area contributed by atoms with E-state index in [1.54, 1.807) is 0 Å². The molecule has 0 spiro atoms. The van der Waals surface area contributed by atoms with E-state index in [0.717, 1.165) is 11.8 Å². The maximum Gasteiger partial charge on any atom is 0.0282 e. The van der Waals surface area contributed by atoms with Crippen LogP contribution >= 0.6 is 11.6 Å².